The topological polar surface area (TPSA) is 82.7 Å². The van der Waals surface area contributed by atoms with Crippen LogP contribution in [0.5, 0.6) is 0 Å². The van der Waals surface area contributed by atoms with Crippen molar-refractivity contribution in [1.29, 1.82) is 0 Å². The molecule has 1 saturated heterocycles. The van der Waals surface area contributed by atoms with E-state index in [4.69, 9.17) is 4.74 Å². The van der Waals surface area contributed by atoms with Crippen molar-refractivity contribution in [3.05, 3.63) is 54.7 Å². The lowest BCUT2D eigenvalue weighted by atomic mass is 10.2. The second-order valence-electron chi connectivity index (χ2n) is 8.62. The molecule has 7 nitrogen and oxygen atoms in total. The van der Waals surface area contributed by atoms with Crippen LogP contribution in [-0.2, 0) is 14.6 Å². The van der Waals surface area contributed by atoms with Gasteiger partial charge in [-0.3, -0.25) is 0 Å². The zero-order valence-electron chi connectivity index (χ0n) is 18.0. The fraction of sp³-hybridized carbons (Fsp3) is 0.348. The lowest BCUT2D eigenvalue weighted by molar-refractivity contribution is 0.0240. The van der Waals surface area contributed by atoms with Crippen LogP contribution in [0.3, 0.4) is 0 Å². The van der Waals surface area contributed by atoms with E-state index in [1.54, 1.807) is 41.4 Å². The summed E-state index contributed by atoms with van der Waals surface area (Å²) in [5.41, 5.74) is 1.18. The molecule has 0 spiro atoms. The van der Waals surface area contributed by atoms with Crippen LogP contribution >= 0.6 is 0 Å². The number of nitrogens with one attached hydrogen (secondary N) is 1. The first-order chi connectivity index (χ1) is 14.7. The summed E-state index contributed by atoms with van der Waals surface area (Å²) in [6.07, 6.45) is 1.26. The van der Waals surface area contributed by atoms with Crippen molar-refractivity contribution < 1.29 is 17.9 Å². The van der Waals surface area contributed by atoms with E-state index in [-0.39, 0.29) is 15.9 Å². The van der Waals surface area contributed by atoms with Gasteiger partial charge < -0.3 is 19.5 Å². The van der Waals surface area contributed by atoms with Crippen LogP contribution in [-0.4, -0.2) is 56.2 Å². The molecule has 1 amide bonds. The standard InChI is InChI=1S/C23H27N3O4S/c1-23(2,3)30-22(27)26-14-12-25(13-15-26)19-11-7-10-18-20(16-24-21(18)19)31(28,29)17-8-5-4-6-9-17/h4-11,16,24H,12-15H2,1-3H3. The Balaban J connectivity index is 1.58. The highest BCUT2D eigenvalue weighted by Crippen LogP contribution is 2.33. The van der Waals surface area contributed by atoms with Gasteiger partial charge in [0.05, 0.1) is 21.0 Å². The number of aromatic amines is 1. The van der Waals surface area contributed by atoms with Crippen LogP contribution in [0.15, 0.2) is 64.5 Å². The second kappa shape index (κ2) is 7.92. The van der Waals surface area contributed by atoms with E-state index >= 15 is 0 Å². The maximum atomic E-state index is 13.1. The number of carbonyl (C=O) groups is 1. The lowest BCUT2D eigenvalue weighted by Gasteiger charge is -2.36. The highest BCUT2D eigenvalue weighted by atomic mass is 32.2. The molecule has 164 valence electrons. The van der Waals surface area contributed by atoms with Gasteiger partial charge in [0.25, 0.3) is 0 Å². The molecule has 1 fully saturated rings. The number of ether oxygens (including phenoxy) is 1. The number of fused-ring (bicyclic) bond motifs is 1. The van der Waals surface area contributed by atoms with Crippen LogP contribution < -0.4 is 4.90 Å². The molecule has 0 unspecified atom stereocenters. The molecule has 4 rings (SSSR count). The van der Waals surface area contributed by atoms with Gasteiger partial charge in [0.1, 0.15) is 5.60 Å². The molecule has 8 heteroatoms. The minimum Gasteiger partial charge on any atom is -0.444 e. The van der Waals surface area contributed by atoms with E-state index in [9.17, 15) is 13.2 Å². The number of H-pyrrole nitrogens is 1. The van der Waals surface area contributed by atoms with Crippen LogP contribution in [0.25, 0.3) is 10.9 Å². The van der Waals surface area contributed by atoms with Gasteiger partial charge in [-0.2, -0.15) is 0 Å². The monoisotopic (exact) mass is 441 g/mol. The first-order valence-electron chi connectivity index (χ1n) is 10.3. The predicted octanol–water partition coefficient (Wildman–Crippen LogP) is 4.06. The molecule has 0 bridgehead atoms. The van der Waals surface area contributed by atoms with Gasteiger partial charge in [0.2, 0.25) is 9.84 Å². The average molecular weight is 442 g/mol. The lowest BCUT2D eigenvalue weighted by Crippen LogP contribution is -2.50. The van der Waals surface area contributed by atoms with Gasteiger partial charge >= 0.3 is 6.09 Å². The first kappa shape index (κ1) is 21.2. The number of hydrogen-bond acceptors (Lipinski definition) is 5. The summed E-state index contributed by atoms with van der Waals surface area (Å²) in [4.78, 5) is 19.9. The number of aromatic nitrogens is 1. The number of anilines is 1. The Morgan fingerprint density at radius 1 is 0.968 bits per heavy atom. The van der Waals surface area contributed by atoms with Crippen LogP contribution in [0, 0.1) is 0 Å². The average Bonchev–Trinajstić information content (AvgIpc) is 3.18. The number of amides is 1. The molecule has 1 N–H and O–H groups in total. The smallest absolute Gasteiger partial charge is 0.410 e. The minimum absolute atomic E-state index is 0.267. The van der Waals surface area contributed by atoms with Crippen molar-refractivity contribution in [3.8, 4) is 0 Å². The summed E-state index contributed by atoms with van der Waals surface area (Å²) in [5, 5.41) is 0.663. The summed E-state index contributed by atoms with van der Waals surface area (Å²) in [7, 11) is -3.63. The number of carbonyl (C=O) groups excluding carboxylic acids is 1. The van der Waals surface area contributed by atoms with Crippen molar-refractivity contribution in [2.45, 2.75) is 36.2 Å². The zero-order chi connectivity index (χ0) is 22.2. The summed E-state index contributed by atoms with van der Waals surface area (Å²) < 4.78 is 31.7. The third-order valence-electron chi connectivity index (χ3n) is 5.27. The van der Waals surface area contributed by atoms with E-state index in [1.165, 1.54) is 0 Å². The maximum absolute atomic E-state index is 13.1. The molecule has 1 aliphatic heterocycles. The number of rotatable bonds is 3. The minimum atomic E-state index is -3.63. The summed E-state index contributed by atoms with van der Waals surface area (Å²) in [6, 6.07) is 14.1. The number of nitrogens with zero attached hydrogens (tertiary/aromatic N) is 2. The predicted molar refractivity (Wildman–Crippen MR) is 120 cm³/mol. The number of benzene rings is 2. The zero-order valence-corrected chi connectivity index (χ0v) is 18.8. The number of hydrogen-bond donors (Lipinski definition) is 1. The molecule has 0 saturated carbocycles. The maximum Gasteiger partial charge on any atom is 0.410 e. The highest BCUT2D eigenvalue weighted by Gasteiger charge is 2.28. The van der Waals surface area contributed by atoms with E-state index in [0.29, 0.717) is 31.6 Å². The number of para-hydroxylation sites is 1. The Labute approximate surface area is 182 Å². The molecule has 3 aromatic rings. The van der Waals surface area contributed by atoms with E-state index < -0.39 is 15.4 Å². The molecule has 0 radical (unpaired) electrons. The Morgan fingerprint density at radius 2 is 1.65 bits per heavy atom. The Hall–Kier alpha value is -3.00. The largest absolute Gasteiger partial charge is 0.444 e. The number of piperazine rings is 1. The molecule has 0 aliphatic carbocycles. The van der Waals surface area contributed by atoms with Crippen molar-refractivity contribution in [2.24, 2.45) is 0 Å². The Kier molecular flexibility index (Phi) is 5.43. The molecule has 1 aromatic heterocycles. The third-order valence-corrected chi connectivity index (χ3v) is 7.08. The number of sulfone groups is 1. The SMILES string of the molecule is CC(C)(C)OC(=O)N1CCN(c2cccc3c(S(=O)(=O)c4ccccc4)c[nH]c23)CC1. The molecule has 2 aromatic carbocycles. The second-order valence-corrected chi connectivity index (χ2v) is 10.5. The van der Waals surface area contributed by atoms with Gasteiger partial charge in [-0.15, -0.1) is 0 Å². The first-order valence-corrected chi connectivity index (χ1v) is 11.8. The highest BCUT2D eigenvalue weighted by molar-refractivity contribution is 7.91. The fourth-order valence-electron chi connectivity index (χ4n) is 3.78. The summed E-state index contributed by atoms with van der Waals surface area (Å²) in [5.74, 6) is 0. The molecule has 0 atom stereocenters. The van der Waals surface area contributed by atoms with Crippen molar-refractivity contribution in [2.75, 3.05) is 31.1 Å². The van der Waals surface area contributed by atoms with Crippen molar-refractivity contribution >= 4 is 32.5 Å². The molecule has 1 aliphatic rings. The Morgan fingerprint density at radius 3 is 2.29 bits per heavy atom. The summed E-state index contributed by atoms with van der Waals surface area (Å²) >= 11 is 0. The van der Waals surface area contributed by atoms with Gasteiger partial charge in [0, 0.05) is 37.8 Å². The van der Waals surface area contributed by atoms with Gasteiger partial charge in [-0.05, 0) is 39.0 Å². The van der Waals surface area contributed by atoms with Crippen LogP contribution in [0.1, 0.15) is 20.8 Å². The normalized spacial score (nSPS) is 15.3. The van der Waals surface area contributed by atoms with E-state index in [2.05, 4.69) is 9.88 Å². The Bertz CT molecular complexity index is 1190. The third kappa shape index (κ3) is 4.25. The summed E-state index contributed by atoms with van der Waals surface area (Å²) in [6.45, 7) is 7.93. The van der Waals surface area contributed by atoms with Crippen LogP contribution in [0.4, 0.5) is 10.5 Å². The molecular formula is C23H27N3O4S. The van der Waals surface area contributed by atoms with Crippen molar-refractivity contribution in [3.63, 3.8) is 0 Å². The van der Waals surface area contributed by atoms with Crippen LogP contribution in [0.2, 0.25) is 0 Å². The van der Waals surface area contributed by atoms with Crippen molar-refractivity contribution in [1.82, 2.24) is 9.88 Å². The van der Waals surface area contributed by atoms with Gasteiger partial charge in [-0.1, -0.05) is 30.3 Å². The van der Waals surface area contributed by atoms with E-state index in [1.807, 2.05) is 39.0 Å². The molecule has 2 heterocycles. The fourth-order valence-corrected chi connectivity index (χ4v) is 5.22. The van der Waals surface area contributed by atoms with Gasteiger partial charge in [-0.25, -0.2) is 13.2 Å². The quantitative estimate of drug-likeness (QED) is 0.663. The van der Waals surface area contributed by atoms with Gasteiger partial charge in [0.15, 0.2) is 0 Å². The molecular weight excluding hydrogens is 414 g/mol. The molecule has 31 heavy (non-hydrogen) atoms. The van der Waals surface area contributed by atoms with E-state index in [0.717, 1.165) is 11.2 Å².